The first-order chi connectivity index (χ1) is 12.6. The van der Waals surface area contributed by atoms with Crippen molar-refractivity contribution in [1.29, 1.82) is 5.26 Å². The fraction of sp³-hybridized carbons (Fsp3) is 0.500. The van der Waals surface area contributed by atoms with Crippen molar-refractivity contribution >= 4 is 39.9 Å². The highest BCUT2D eigenvalue weighted by Crippen LogP contribution is 2.12. The third-order valence-corrected chi connectivity index (χ3v) is 3.67. The van der Waals surface area contributed by atoms with E-state index in [-0.39, 0.29) is 24.6 Å². The van der Waals surface area contributed by atoms with Gasteiger partial charge in [0, 0.05) is 0 Å². The molecule has 3 N–H and O–H groups in total. The molecule has 0 unspecified atom stereocenters. The molecule has 1 aliphatic heterocycles. The minimum atomic E-state index is -4.73. The SMILES string of the molecule is N#CCSCC(=O)N[C@H]1CN(OS(=O)(=O)O)C1=O.O=C(O)Cn1cnnn1. The number of amides is 2. The van der Waals surface area contributed by atoms with Crippen LogP contribution in [0.4, 0.5) is 0 Å². The Morgan fingerprint density at radius 1 is 1.52 bits per heavy atom. The van der Waals surface area contributed by atoms with Crippen molar-refractivity contribution in [1.82, 2.24) is 30.6 Å². The molecule has 0 bridgehead atoms. The molecule has 15 nitrogen and oxygen atoms in total. The summed E-state index contributed by atoms with van der Waals surface area (Å²) in [6, 6.07) is 0.966. The number of nitrogens with one attached hydrogen (secondary N) is 1. The molecule has 1 fully saturated rings. The average molecular weight is 423 g/mol. The lowest BCUT2D eigenvalue weighted by Gasteiger charge is -2.35. The largest absolute Gasteiger partial charge is 0.480 e. The number of nitriles is 1. The van der Waals surface area contributed by atoms with Gasteiger partial charge in [-0.2, -0.15) is 18.7 Å². The number of hydrogen-bond donors (Lipinski definition) is 3. The summed E-state index contributed by atoms with van der Waals surface area (Å²) in [4.78, 5) is 32.4. The predicted molar refractivity (Wildman–Crippen MR) is 84.7 cm³/mol. The topological polar surface area (TPSA) is 218 Å². The van der Waals surface area contributed by atoms with Crippen LogP contribution in [-0.4, -0.2) is 85.2 Å². The third-order valence-electron chi connectivity index (χ3n) is 2.50. The van der Waals surface area contributed by atoms with E-state index in [2.05, 4.69) is 25.1 Å². The number of nitrogens with zero attached hydrogens (tertiary/aromatic N) is 6. The minimum absolute atomic E-state index is 0.0243. The van der Waals surface area contributed by atoms with E-state index in [4.69, 9.17) is 14.9 Å². The number of thioether (sulfide) groups is 1. The molecule has 1 saturated heterocycles. The van der Waals surface area contributed by atoms with E-state index in [9.17, 15) is 22.8 Å². The maximum absolute atomic E-state index is 11.3. The van der Waals surface area contributed by atoms with Gasteiger partial charge in [-0.05, 0) is 10.4 Å². The molecule has 1 aliphatic rings. The summed E-state index contributed by atoms with van der Waals surface area (Å²) in [5, 5.41) is 29.0. The molecule has 0 radical (unpaired) electrons. The van der Waals surface area contributed by atoms with Gasteiger partial charge in [-0.1, -0.05) is 0 Å². The molecular weight excluding hydrogens is 410 g/mol. The van der Waals surface area contributed by atoms with Crippen LogP contribution in [0.5, 0.6) is 0 Å². The minimum Gasteiger partial charge on any atom is -0.480 e. The van der Waals surface area contributed by atoms with Crippen LogP contribution in [-0.2, 0) is 35.6 Å². The van der Waals surface area contributed by atoms with E-state index in [0.29, 0.717) is 5.06 Å². The summed E-state index contributed by atoms with van der Waals surface area (Å²) >= 11 is 1.08. The summed E-state index contributed by atoms with van der Waals surface area (Å²) in [5.41, 5.74) is 0. The Hall–Kier alpha value is -2.81. The van der Waals surface area contributed by atoms with Gasteiger partial charge in [-0.15, -0.1) is 21.1 Å². The van der Waals surface area contributed by atoms with E-state index in [1.54, 1.807) is 0 Å². The van der Waals surface area contributed by atoms with E-state index >= 15 is 0 Å². The lowest BCUT2D eigenvalue weighted by atomic mass is 10.1. The molecule has 2 heterocycles. The molecule has 1 aromatic heterocycles. The Morgan fingerprint density at radius 2 is 2.22 bits per heavy atom. The zero-order chi connectivity index (χ0) is 20.4. The summed E-state index contributed by atoms with van der Waals surface area (Å²) in [6.07, 6.45) is 1.24. The van der Waals surface area contributed by atoms with Gasteiger partial charge in [0.05, 0.1) is 24.1 Å². The normalized spacial score (nSPS) is 15.8. The monoisotopic (exact) mass is 423 g/mol. The molecule has 0 aromatic carbocycles. The van der Waals surface area contributed by atoms with Crippen LogP contribution in [0.1, 0.15) is 0 Å². The predicted octanol–water partition coefficient (Wildman–Crippen LogP) is -2.94. The Morgan fingerprint density at radius 3 is 2.70 bits per heavy atom. The first kappa shape index (κ1) is 22.2. The second kappa shape index (κ2) is 10.4. The van der Waals surface area contributed by atoms with Crippen LogP contribution in [0.2, 0.25) is 0 Å². The zero-order valence-corrected chi connectivity index (χ0v) is 15.0. The van der Waals surface area contributed by atoms with Gasteiger partial charge in [0.1, 0.15) is 18.9 Å². The standard InChI is InChI=1S/C7H9N3O6S2.C3H4N4O2/c8-1-2-17-4-6(11)9-5-3-10(7(5)12)16-18(13,14)15;8-3(9)1-7-2-4-5-6-7/h5H,2-4H2,(H,9,11)(H,13,14,15);2H,1H2,(H,8,9)/t5-;/m0./s1. The molecule has 2 amide bonds. The van der Waals surface area contributed by atoms with E-state index in [1.807, 2.05) is 6.07 Å². The second-order valence-electron chi connectivity index (χ2n) is 4.57. The van der Waals surface area contributed by atoms with Gasteiger partial charge in [0.25, 0.3) is 5.91 Å². The first-order valence-corrected chi connectivity index (χ1v) is 9.29. The maximum Gasteiger partial charge on any atom is 0.418 e. The van der Waals surface area contributed by atoms with Gasteiger partial charge in [0.2, 0.25) is 5.91 Å². The Bertz CT molecular complexity index is 806. The summed E-state index contributed by atoms with van der Waals surface area (Å²) in [5.74, 6) is -1.99. The molecular formula is C10H13N7O8S2. The van der Waals surface area contributed by atoms with Gasteiger partial charge in [0.15, 0.2) is 0 Å². The van der Waals surface area contributed by atoms with Crippen molar-refractivity contribution < 1.29 is 36.7 Å². The number of tetrazole rings is 1. The van der Waals surface area contributed by atoms with Gasteiger partial charge in [-0.25, -0.2) is 4.68 Å². The number of rotatable bonds is 8. The molecule has 2 rings (SSSR count). The van der Waals surface area contributed by atoms with Crippen molar-refractivity contribution in [2.45, 2.75) is 12.6 Å². The molecule has 0 saturated carbocycles. The van der Waals surface area contributed by atoms with Crippen LogP contribution < -0.4 is 5.32 Å². The van der Waals surface area contributed by atoms with Crippen LogP contribution in [0.15, 0.2) is 6.33 Å². The quantitative estimate of drug-likeness (QED) is 0.217. The highest BCUT2D eigenvalue weighted by atomic mass is 32.3. The number of carbonyl (C=O) groups is 3. The highest BCUT2D eigenvalue weighted by molar-refractivity contribution is 8.00. The van der Waals surface area contributed by atoms with Gasteiger partial charge in [-0.3, -0.25) is 18.9 Å². The van der Waals surface area contributed by atoms with Gasteiger partial charge < -0.3 is 10.4 Å². The summed E-state index contributed by atoms with van der Waals surface area (Å²) in [6.45, 7) is -0.361. The van der Waals surface area contributed by atoms with Crippen LogP contribution in [0, 0.1) is 11.3 Å². The Kier molecular flexibility index (Phi) is 8.53. The summed E-state index contributed by atoms with van der Waals surface area (Å²) < 4.78 is 34.0. The number of hydroxylamine groups is 2. The zero-order valence-electron chi connectivity index (χ0n) is 13.3. The van der Waals surface area contributed by atoms with Gasteiger partial charge >= 0.3 is 16.4 Å². The molecule has 148 valence electrons. The number of carbonyl (C=O) groups excluding carboxylic acids is 2. The number of carboxylic acid groups (broad SMARTS) is 1. The number of carboxylic acids is 1. The van der Waals surface area contributed by atoms with Crippen LogP contribution in [0.25, 0.3) is 0 Å². The van der Waals surface area contributed by atoms with Crippen molar-refractivity contribution in [3.05, 3.63) is 6.33 Å². The fourth-order valence-corrected chi connectivity index (χ4v) is 2.32. The fourth-order valence-electron chi connectivity index (χ4n) is 1.50. The Balaban J connectivity index is 0.000000337. The number of β-lactam (4-membered cyclic amide) rings is 1. The van der Waals surface area contributed by atoms with Crippen molar-refractivity contribution in [3.8, 4) is 6.07 Å². The van der Waals surface area contributed by atoms with Crippen LogP contribution in [0.3, 0.4) is 0 Å². The lowest BCUT2D eigenvalue weighted by molar-refractivity contribution is -0.181. The van der Waals surface area contributed by atoms with E-state index in [1.165, 1.54) is 6.33 Å². The van der Waals surface area contributed by atoms with E-state index < -0.39 is 34.2 Å². The summed E-state index contributed by atoms with van der Waals surface area (Å²) in [7, 11) is -4.73. The average Bonchev–Trinajstić information content (AvgIpc) is 3.05. The third kappa shape index (κ3) is 8.91. The molecule has 1 atom stereocenters. The molecule has 1 aromatic rings. The second-order valence-corrected chi connectivity index (χ2v) is 6.56. The smallest absolute Gasteiger partial charge is 0.418 e. The molecule has 27 heavy (non-hydrogen) atoms. The highest BCUT2D eigenvalue weighted by Gasteiger charge is 2.41. The van der Waals surface area contributed by atoms with Crippen molar-refractivity contribution in [2.75, 3.05) is 18.1 Å². The number of aromatic nitrogens is 4. The Labute approximate surface area is 156 Å². The maximum atomic E-state index is 11.3. The van der Waals surface area contributed by atoms with Crippen molar-refractivity contribution in [3.63, 3.8) is 0 Å². The molecule has 17 heteroatoms. The molecule has 0 aliphatic carbocycles. The number of hydrogen-bond acceptors (Lipinski definition) is 11. The first-order valence-electron chi connectivity index (χ1n) is 6.77. The van der Waals surface area contributed by atoms with E-state index in [0.717, 1.165) is 16.4 Å². The molecule has 0 spiro atoms. The lowest BCUT2D eigenvalue weighted by Crippen LogP contribution is -2.64. The van der Waals surface area contributed by atoms with Crippen molar-refractivity contribution in [2.24, 2.45) is 0 Å². The van der Waals surface area contributed by atoms with Crippen LogP contribution >= 0.6 is 11.8 Å². The number of aliphatic carboxylic acids is 1.